The fraction of sp³-hybridized carbons (Fsp3) is 0.818. The Morgan fingerprint density at radius 2 is 2.20 bits per heavy atom. The van der Waals surface area contributed by atoms with Gasteiger partial charge in [0.25, 0.3) is 0 Å². The molecule has 0 aromatic carbocycles. The van der Waals surface area contributed by atoms with E-state index in [1.807, 2.05) is 6.92 Å². The van der Waals surface area contributed by atoms with Crippen LogP contribution in [0.25, 0.3) is 0 Å². The summed E-state index contributed by atoms with van der Waals surface area (Å²) in [5, 5.41) is 10.4. The zero-order chi connectivity index (χ0) is 11.1. The molecule has 0 amide bonds. The predicted octanol–water partition coefficient (Wildman–Crippen LogP) is 2.17. The molecule has 86 valence electrons. The molecule has 1 rings (SSSR count). The highest BCUT2D eigenvalue weighted by atomic mass is 15.2. The lowest BCUT2D eigenvalue weighted by Crippen LogP contribution is -2.25. The maximum absolute atomic E-state index is 4.25. The van der Waals surface area contributed by atoms with Crippen LogP contribution in [0.15, 0.2) is 0 Å². The molecule has 2 N–H and O–H groups in total. The summed E-state index contributed by atoms with van der Waals surface area (Å²) >= 11 is 0. The third-order valence-electron chi connectivity index (χ3n) is 2.49. The van der Waals surface area contributed by atoms with E-state index in [0.717, 1.165) is 18.2 Å². The molecule has 0 spiro atoms. The van der Waals surface area contributed by atoms with Crippen LogP contribution in [0.2, 0.25) is 0 Å². The van der Waals surface area contributed by atoms with E-state index in [-0.39, 0.29) is 0 Å². The molecular weight excluding hydrogens is 188 g/mol. The molecule has 0 saturated heterocycles. The lowest BCUT2D eigenvalue weighted by molar-refractivity contribution is 0.480. The molecule has 15 heavy (non-hydrogen) atoms. The van der Waals surface area contributed by atoms with Gasteiger partial charge in [-0.25, -0.2) is 4.98 Å². The predicted molar refractivity (Wildman–Crippen MR) is 61.6 cm³/mol. The van der Waals surface area contributed by atoms with Gasteiger partial charge >= 0.3 is 0 Å². The summed E-state index contributed by atoms with van der Waals surface area (Å²) in [7, 11) is 0. The number of H-pyrrole nitrogens is 1. The van der Waals surface area contributed by atoms with Gasteiger partial charge in [-0.2, -0.15) is 5.10 Å². The first-order chi connectivity index (χ1) is 7.22. The maximum Gasteiger partial charge on any atom is 0.164 e. The number of aromatic nitrogens is 3. The molecule has 0 saturated carbocycles. The number of hydrogen-bond donors (Lipinski definition) is 2. The van der Waals surface area contributed by atoms with Gasteiger partial charge in [0.05, 0.1) is 6.54 Å². The Bertz CT molecular complexity index is 269. The largest absolute Gasteiger partial charge is 0.307 e. The number of rotatable bonds is 7. The van der Waals surface area contributed by atoms with Gasteiger partial charge in [-0.15, -0.1) is 0 Å². The molecular formula is C11H22N4. The van der Waals surface area contributed by atoms with Crippen LogP contribution in [0.5, 0.6) is 0 Å². The summed E-state index contributed by atoms with van der Waals surface area (Å²) in [6.45, 7) is 7.13. The first-order valence-electron chi connectivity index (χ1n) is 5.83. The number of aromatic amines is 1. The minimum atomic E-state index is 0.551. The van der Waals surface area contributed by atoms with Crippen molar-refractivity contribution in [3.05, 3.63) is 11.6 Å². The van der Waals surface area contributed by atoms with E-state index < -0.39 is 0 Å². The van der Waals surface area contributed by atoms with Crippen LogP contribution in [-0.4, -0.2) is 21.2 Å². The molecule has 1 unspecified atom stereocenters. The van der Waals surface area contributed by atoms with E-state index in [1.165, 1.54) is 25.7 Å². The molecule has 4 heteroatoms. The Labute approximate surface area is 91.9 Å². The SMILES string of the molecule is CCCCCC(C)NCc1n[nH]c(C)n1. The maximum atomic E-state index is 4.25. The van der Waals surface area contributed by atoms with Crippen molar-refractivity contribution < 1.29 is 0 Å². The lowest BCUT2D eigenvalue weighted by Gasteiger charge is -2.11. The topological polar surface area (TPSA) is 53.6 Å². The molecule has 0 fully saturated rings. The van der Waals surface area contributed by atoms with Crippen molar-refractivity contribution in [2.24, 2.45) is 0 Å². The third kappa shape index (κ3) is 4.93. The number of hydrogen-bond acceptors (Lipinski definition) is 3. The van der Waals surface area contributed by atoms with Gasteiger partial charge in [-0.1, -0.05) is 26.2 Å². The fourth-order valence-corrected chi connectivity index (χ4v) is 1.54. The van der Waals surface area contributed by atoms with E-state index in [2.05, 4.69) is 34.3 Å². The van der Waals surface area contributed by atoms with Gasteiger partial charge in [-0.05, 0) is 20.3 Å². The number of unbranched alkanes of at least 4 members (excludes halogenated alkanes) is 2. The zero-order valence-corrected chi connectivity index (χ0v) is 10.0. The van der Waals surface area contributed by atoms with Crippen molar-refractivity contribution in [3.63, 3.8) is 0 Å². The van der Waals surface area contributed by atoms with Crippen LogP contribution in [0.4, 0.5) is 0 Å². The van der Waals surface area contributed by atoms with Crippen molar-refractivity contribution in [1.29, 1.82) is 0 Å². The monoisotopic (exact) mass is 210 g/mol. The van der Waals surface area contributed by atoms with Crippen LogP contribution < -0.4 is 5.32 Å². The second kappa shape index (κ2) is 6.56. The van der Waals surface area contributed by atoms with E-state index in [1.54, 1.807) is 0 Å². The van der Waals surface area contributed by atoms with Crippen LogP contribution in [0.1, 0.15) is 51.2 Å². The molecule has 1 atom stereocenters. The quantitative estimate of drug-likeness (QED) is 0.678. The summed E-state index contributed by atoms with van der Waals surface area (Å²) in [5.41, 5.74) is 0. The van der Waals surface area contributed by atoms with Gasteiger partial charge < -0.3 is 5.32 Å². The molecule has 0 aliphatic carbocycles. The summed E-state index contributed by atoms with van der Waals surface area (Å²) in [5.74, 6) is 1.74. The average Bonchev–Trinajstić information content (AvgIpc) is 2.62. The van der Waals surface area contributed by atoms with Gasteiger partial charge in [0.15, 0.2) is 5.82 Å². The highest BCUT2D eigenvalue weighted by Crippen LogP contribution is 2.03. The number of nitrogens with one attached hydrogen (secondary N) is 2. The van der Waals surface area contributed by atoms with Gasteiger partial charge in [0.1, 0.15) is 5.82 Å². The average molecular weight is 210 g/mol. The summed E-state index contributed by atoms with van der Waals surface area (Å²) in [6, 6.07) is 0.551. The number of aryl methyl sites for hydroxylation is 1. The first kappa shape index (κ1) is 12.2. The van der Waals surface area contributed by atoms with Gasteiger partial charge in [0, 0.05) is 6.04 Å². The number of nitrogens with zero attached hydrogens (tertiary/aromatic N) is 2. The van der Waals surface area contributed by atoms with Gasteiger partial charge in [-0.3, -0.25) is 5.10 Å². The smallest absolute Gasteiger partial charge is 0.164 e. The van der Waals surface area contributed by atoms with Crippen LogP contribution in [0, 0.1) is 6.92 Å². The third-order valence-corrected chi connectivity index (χ3v) is 2.49. The van der Waals surface area contributed by atoms with Crippen molar-refractivity contribution in [3.8, 4) is 0 Å². The Morgan fingerprint density at radius 3 is 2.80 bits per heavy atom. The Hall–Kier alpha value is -0.900. The van der Waals surface area contributed by atoms with Crippen LogP contribution >= 0.6 is 0 Å². The molecule has 0 bridgehead atoms. The normalized spacial score (nSPS) is 13.0. The second-order valence-electron chi connectivity index (χ2n) is 4.11. The highest BCUT2D eigenvalue weighted by Gasteiger charge is 2.03. The molecule has 1 heterocycles. The van der Waals surface area contributed by atoms with Crippen molar-refractivity contribution in [2.45, 2.75) is 59.0 Å². The fourth-order valence-electron chi connectivity index (χ4n) is 1.54. The molecule has 0 aliphatic heterocycles. The highest BCUT2D eigenvalue weighted by molar-refractivity contribution is 4.87. The minimum Gasteiger partial charge on any atom is -0.307 e. The lowest BCUT2D eigenvalue weighted by atomic mass is 10.1. The van der Waals surface area contributed by atoms with E-state index in [4.69, 9.17) is 0 Å². The molecule has 0 aliphatic rings. The van der Waals surface area contributed by atoms with Crippen LogP contribution in [0.3, 0.4) is 0 Å². The van der Waals surface area contributed by atoms with E-state index >= 15 is 0 Å². The standard InChI is InChI=1S/C11H22N4/c1-4-5-6-7-9(2)12-8-11-13-10(3)14-15-11/h9,12H,4-8H2,1-3H3,(H,13,14,15). The molecule has 0 radical (unpaired) electrons. The summed E-state index contributed by atoms with van der Waals surface area (Å²) in [4.78, 5) is 4.25. The zero-order valence-electron chi connectivity index (χ0n) is 10.0. The van der Waals surface area contributed by atoms with Crippen molar-refractivity contribution in [2.75, 3.05) is 0 Å². The first-order valence-corrected chi connectivity index (χ1v) is 5.83. The summed E-state index contributed by atoms with van der Waals surface area (Å²) < 4.78 is 0. The molecule has 1 aromatic heterocycles. The van der Waals surface area contributed by atoms with Gasteiger partial charge in [0.2, 0.25) is 0 Å². The Balaban J connectivity index is 2.13. The second-order valence-corrected chi connectivity index (χ2v) is 4.11. The van der Waals surface area contributed by atoms with Crippen molar-refractivity contribution >= 4 is 0 Å². The Kier molecular flexibility index (Phi) is 5.32. The molecule has 4 nitrogen and oxygen atoms in total. The van der Waals surface area contributed by atoms with E-state index in [9.17, 15) is 0 Å². The van der Waals surface area contributed by atoms with Crippen LogP contribution in [-0.2, 0) is 6.54 Å². The van der Waals surface area contributed by atoms with E-state index in [0.29, 0.717) is 6.04 Å². The molecule has 1 aromatic rings. The Morgan fingerprint density at radius 1 is 1.40 bits per heavy atom. The van der Waals surface area contributed by atoms with Crippen molar-refractivity contribution in [1.82, 2.24) is 20.5 Å². The summed E-state index contributed by atoms with van der Waals surface area (Å²) in [6.07, 6.45) is 5.15. The minimum absolute atomic E-state index is 0.551.